The second-order valence-corrected chi connectivity index (χ2v) is 5.97. The molecule has 0 aliphatic rings. The molecule has 0 aliphatic carbocycles. The molecular formula is C16H18BrNO3. The Bertz CT molecular complexity index is 594. The molecule has 0 saturated carbocycles. The number of furan rings is 1. The molecule has 0 atom stereocenters. The van der Waals surface area contributed by atoms with Gasteiger partial charge in [0.15, 0.2) is 0 Å². The average Bonchev–Trinajstić information content (AvgIpc) is 2.96. The Hall–Kier alpha value is -1.75. The van der Waals surface area contributed by atoms with Crippen molar-refractivity contribution in [3.63, 3.8) is 0 Å². The second kappa shape index (κ2) is 7.31. The van der Waals surface area contributed by atoms with E-state index in [1.165, 1.54) is 0 Å². The fraction of sp³-hybridized carbons (Fsp3) is 0.312. The van der Waals surface area contributed by atoms with Crippen LogP contribution >= 0.6 is 15.9 Å². The molecule has 1 aromatic carbocycles. The van der Waals surface area contributed by atoms with Crippen molar-refractivity contribution in [1.29, 1.82) is 0 Å². The van der Waals surface area contributed by atoms with Gasteiger partial charge in [0.2, 0.25) is 0 Å². The van der Waals surface area contributed by atoms with E-state index in [0.29, 0.717) is 24.6 Å². The Balaban J connectivity index is 1.96. The van der Waals surface area contributed by atoms with Gasteiger partial charge in [-0.25, -0.2) is 0 Å². The highest BCUT2D eigenvalue weighted by Gasteiger charge is 2.10. The smallest absolute Gasteiger partial charge is 0.251 e. The van der Waals surface area contributed by atoms with E-state index in [4.69, 9.17) is 9.15 Å². The first kappa shape index (κ1) is 15.6. The van der Waals surface area contributed by atoms with E-state index < -0.39 is 0 Å². The molecule has 1 N–H and O–H groups in total. The maximum Gasteiger partial charge on any atom is 0.251 e. The molecule has 0 fully saturated rings. The van der Waals surface area contributed by atoms with E-state index in [2.05, 4.69) is 35.1 Å². The van der Waals surface area contributed by atoms with Gasteiger partial charge < -0.3 is 14.5 Å². The Morgan fingerprint density at radius 2 is 2.19 bits per heavy atom. The Morgan fingerprint density at radius 3 is 2.81 bits per heavy atom. The van der Waals surface area contributed by atoms with Gasteiger partial charge in [-0.2, -0.15) is 0 Å². The molecule has 1 heterocycles. The zero-order valence-corrected chi connectivity index (χ0v) is 13.6. The number of benzene rings is 1. The summed E-state index contributed by atoms with van der Waals surface area (Å²) in [6, 6.07) is 8.91. The number of hydrogen-bond acceptors (Lipinski definition) is 3. The Labute approximate surface area is 132 Å². The van der Waals surface area contributed by atoms with Crippen molar-refractivity contribution in [3.8, 4) is 5.75 Å². The van der Waals surface area contributed by atoms with Crippen LogP contribution in [0.1, 0.15) is 30.0 Å². The summed E-state index contributed by atoms with van der Waals surface area (Å²) in [6.07, 6.45) is 1.58. The van der Waals surface area contributed by atoms with Crippen molar-refractivity contribution in [1.82, 2.24) is 5.32 Å². The van der Waals surface area contributed by atoms with Gasteiger partial charge in [0.1, 0.15) is 11.5 Å². The third kappa shape index (κ3) is 4.63. The topological polar surface area (TPSA) is 51.5 Å². The molecule has 0 bridgehead atoms. The van der Waals surface area contributed by atoms with E-state index >= 15 is 0 Å². The summed E-state index contributed by atoms with van der Waals surface area (Å²) in [7, 11) is 0. The predicted octanol–water partition coefficient (Wildman–Crippen LogP) is 4.01. The van der Waals surface area contributed by atoms with Crippen molar-refractivity contribution >= 4 is 21.8 Å². The summed E-state index contributed by atoms with van der Waals surface area (Å²) < 4.78 is 11.6. The van der Waals surface area contributed by atoms with Gasteiger partial charge in [-0.3, -0.25) is 4.79 Å². The molecule has 0 aliphatic heterocycles. The third-order valence-corrected chi connectivity index (χ3v) is 3.39. The number of nitrogens with one attached hydrogen (secondary N) is 1. The lowest BCUT2D eigenvalue weighted by atomic mass is 10.2. The van der Waals surface area contributed by atoms with Gasteiger partial charge in [0.25, 0.3) is 5.91 Å². The van der Waals surface area contributed by atoms with Crippen molar-refractivity contribution in [2.45, 2.75) is 20.4 Å². The van der Waals surface area contributed by atoms with Gasteiger partial charge in [-0.05, 0) is 52.2 Å². The Morgan fingerprint density at radius 1 is 1.38 bits per heavy atom. The van der Waals surface area contributed by atoms with Crippen LogP contribution < -0.4 is 10.1 Å². The normalized spacial score (nSPS) is 10.7. The number of amides is 1. The number of halogens is 1. The summed E-state index contributed by atoms with van der Waals surface area (Å²) in [5.74, 6) is 1.77. The highest BCUT2D eigenvalue weighted by Crippen LogP contribution is 2.26. The first-order valence-corrected chi connectivity index (χ1v) is 7.58. The molecule has 0 unspecified atom stereocenters. The van der Waals surface area contributed by atoms with Crippen molar-refractivity contribution in [2.24, 2.45) is 5.92 Å². The van der Waals surface area contributed by atoms with E-state index in [1.807, 2.05) is 6.07 Å². The van der Waals surface area contributed by atoms with Crippen LogP contribution in [0.5, 0.6) is 5.75 Å². The average molecular weight is 352 g/mol. The van der Waals surface area contributed by atoms with Crippen LogP contribution in [0, 0.1) is 5.92 Å². The first-order valence-electron chi connectivity index (χ1n) is 6.79. The molecule has 2 rings (SSSR count). The fourth-order valence-electron chi connectivity index (χ4n) is 1.70. The molecule has 0 spiro atoms. The summed E-state index contributed by atoms with van der Waals surface area (Å²) in [6.45, 7) is 5.19. The minimum Gasteiger partial charge on any atom is -0.492 e. The van der Waals surface area contributed by atoms with E-state index in [1.54, 1.807) is 30.5 Å². The number of hydrogen-bond donors (Lipinski definition) is 1. The predicted molar refractivity (Wildman–Crippen MR) is 84.4 cm³/mol. The zero-order valence-electron chi connectivity index (χ0n) is 12.1. The molecule has 112 valence electrons. The minimum atomic E-state index is -0.150. The number of carbonyl (C=O) groups is 1. The lowest BCUT2D eigenvalue weighted by Crippen LogP contribution is -2.22. The summed E-state index contributed by atoms with van der Waals surface area (Å²) in [4.78, 5) is 12.1. The van der Waals surface area contributed by atoms with Crippen molar-refractivity contribution in [3.05, 3.63) is 52.4 Å². The molecule has 1 amide bonds. The highest BCUT2D eigenvalue weighted by atomic mass is 79.9. The molecule has 1 aromatic heterocycles. The summed E-state index contributed by atoms with van der Waals surface area (Å²) in [5, 5.41) is 2.80. The van der Waals surface area contributed by atoms with Gasteiger partial charge >= 0.3 is 0 Å². The van der Waals surface area contributed by atoms with Gasteiger partial charge in [-0.15, -0.1) is 0 Å². The molecule has 2 aromatic rings. The van der Waals surface area contributed by atoms with E-state index in [0.717, 1.165) is 16.0 Å². The summed E-state index contributed by atoms with van der Waals surface area (Å²) >= 11 is 3.43. The monoisotopic (exact) mass is 351 g/mol. The SMILES string of the molecule is CC(C)COc1ccc(C(=O)NCc2ccco2)cc1Br. The second-order valence-electron chi connectivity index (χ2n) is 5.11. The molecule has 4 nitrogen and oxygen atoms in total. The zero-order chi connectivity index (χ0) is 15.2. The quantitative estimate of drug-likeness (QED) is 0.855. The van der Waals surface area contributed by atoms with Crippen LogP contribution in [0.2, 0.25) is 0 Å². The van der Waals surface area contributed by atoms with Gasteiger partial charge in [0.05, 0.1) is 23.9 Å². The van der Waals surface area contributed by atoms with E-state index in [9.17, 15) is 4.79 Å². The molecule has 5 heteroatoms. The Kier molecular flexibility index (Phi) is 5.44. The largest absolute Gasteiger partial charge is 0.492 e. The van der Waals surface area contributed by atoms with Gasteiger partial charge in [0, 0.05) is 5.56 Å². The van der Waals surface area contributed by atoms with Gasteiger partial charge in [-0.1, -0.05) is 13.8 Å². The first-order chi connectivity index (χ1) is 10.1. The molecular weight excluding hydrogens is 334 g/mol. The minimum absolute atomic E-state index is 0.150. The van der Waals surface area contributed by atoms with Crippen LogP contribution in [0.4, 0.5) is 0 Å². The van der Waals surface area contributed by atoms with Crippen LogP contribution in [-0.4, -0.2) is 12.5 Å². The van der Waals surface area contributed by atoms with E-state index in [-0.39, 0.29) is 5.91 Å². The fourth-order valence-corrected chi connectivity index (χ4v) is 2.19. The number of ether oxygens (including phenoxy) is 1. The lowest BCUT2D eigenvalue weighted by molar-refractivity contribution is 0.0948. The number of rotatable bonds is 6. The maximum absolute atomic E-state index is 12.1. The molecule has 0 saturated heterocycles. The molecule has 0 radical (unpaired) electrons. The summed E-state index contributed by atoms with van der Waals surface area (Å²) in [5.41, 5.74) is 0.574. The van der Waals surface area contributed by atoms with Crippen LogP contribution in [0.25, 0.3) is 0 Å². The van der Waals surface area contributed by atoms with Crippen molar-refractivity contribution in [2.75, 3.05) is 6.61 Å². The van der Waals surface area contributed by atoms with Crippen LogP contribution in [-0.2, 0) is 6.54 Å². The highest BCUT2D eigenvalue weighted by molar-refractivity contribution is 9.10. The van der Waals surface area contributed by atoms with Crippen molar-refractivity contribution < 1.29 is 13.9 Å². The molecule has 21 heavy (non-hydrogen) atoms. The lowest BCUT2D eigenvalue weighted by Gasteiger charge is -2.11. The van der Waals surface area contributed by atoms with Crippen LogP contribution in [0.3, 0.4) is 0 Å². The standard InChI is InChI=1S/C16H18BrNO3/c1-11(2)10-21-15-6-5-12(8-14(15)17)16(19)18-9-13-4-3-7-20-13/h3-8,11H,9-10H2,1-2H3,(H,18,19). The van der Waals surface area contributed by atoms with Crippen LogP contribution in [0.15, 0.2) is 45.5 Å². The maximum atomic E-state index is 12.1. The number of carbonyl (C=O) groups excluding carboxylic acids is 1. The third-order valence-electron chi connectivity index (χ3n) is 2.77.